The third kappa shape index (κ3) is 5.14. The summed E-state index contributed by atoms with van der Waals surface area (Å²) in [6.45, 7) is 2.57. The van der Waals surface area contributed by atoms with Crippen molar-refractivity contribution in [1.82, 2.24) is 24.6 Å². The minimum Gasteiger partial charge on any atom is -0.365 e. The molecule has 1 aliphatic heterocycles. The van der Waals surface area contributed by atoms with Crippen LogP contribution >= 0.6 is 11.6 Å². The normalized spacial score (nSPS) is 16.0. The first-order chi connectivity index (χ1) is 14.2. The lowest BCUT2D eigenvalue weighted by atomic mass is 10.1. The second-order valence-electron chi connectivity index (χ2n) is 7.14. The van der Waals surface area contributed by atoms with Gasteiger partial charge < -0.3 is 15.5 Å². The summed E-state index contributed by atoms with van der Waals surface area (Å²) in [4.78, 5) is 22.8. The fraction of sp³-hybridized carbons (Fsp3) is 0.400. The molecule has 1 aliphatic carbocycles. The van der Waals surface area contributed by atoms with Gasteiger partial charge >= 0.3 is 0 Å². The molecule has 0 bridgehead atoms. The molecule has 2 aliphatic rings. The highest BCUT2D eigenvalue weighted by Gasteiger charge is 2.18. The fourth-order valence-corrected chi connectivity index (χ4v) is 3.54. The van der Waals surface area contributed by atoms with Gasteiger partial charge in [0.15, 0.2) is 5.82 Å². The number of carbonyl (C=O) groups is 1. The number of likely N-dealkylation sites (tertiary alicyclic amines) is 1. The molecule has 0 unspecified atom stereocenters. The van der Waals surface area contributed by atoms with E-state index < -0.39 is 0 Å². The van der Waals surface area contributed by atoms with Crippen molar-refractivity contribution in [3.8, 4) is 0 Å². The lowest BCUT2D eigenvalue weighted by Gasteiger charge is -2.14. The van der Waals surface area contributed by atoms with E-state index in [-0.39, 0.29) is 12.5 Å². The van der Waals surface area contributed by atoms with Crippen molar-refractivity contribution in [2.24, 2.45) is 0 Å². The van der Waals surface area contributed by atoms with Crippen molar-refractivity contribution in [2.75, 3.05) is 30.3 Å². The summed E-state index contributed by atoms with van der Waals surface area (Å²) in [5.74, 6) is 1.08. The molecule has 0 atom stereocenters. The minimum absolute atomic E-state index is 0.0949. The van der Waals surface area contributed by atoms with Gasteiger partial charge in [-0.1, -0.05) is 29.8 Å². The SMILES string of the molecule is O=C(Cn1cc(Nc2ncc(Cl)c(NCC3=CCCC=C3)n2)cn1)N1CCCC1. The molecule has 2 aromatic rings. The van der Waals surface area contributed by atoms with Gasteiger partial charge in [-0.2, -0.15) is 10.1 Å². The number of anilines is 3. The number of allylic oxidation sites excluding steroid dienone is 2. The minimum atomic E-state index is 0.0949. The first-order valence-electron chi connectivity index (χ1n) is 9.86. The maximum atomic E-state index is 12.3. The Morgan fingerprint density at radius 3 is 2.86 bits per heavy atom. The summed E-state index contributed by atoms with van der Waals surface area (Å²) < 4.78 is 1.62. The molecule has 4 rings (SSSR count). The summed E-state index contributed by atoms with van der Waals surface area (Å²) in [5.41, 5.74) is 1.93. The van der Waals surface area contributed by atoms with Gasteiger partial charge in [-0.25, -0.2) is 4.98 Å². The molecule has 152 valence electrons. The third-order valence-corrected chi connectivity index (χ3v) is 5.20. The van der Waals surface area contributed by atoms with Crippen LogP contribution in [-0.4, -0.2) is 50.2 Å². The highest BCUT2D eigenvalue weighted by atomic mass is 35.5. The number of nitrogens with zero attached hydrogens (tertiary/aromatic N) is 5. The number of amides is 1. The molecule has 2 N–H and O–H groups in total. The zero-order valence-corrected chi connectivity index (χ0v) is 16.9. The Hall–Kier alpha value is -2.87. The van der Waals surface area contributed by atoms with E-state index in [0.29, 0.717) is 29.0 Å². The third-order valence-electron chi connectivity index (χ3n) is 4.92. The smallest absolute Gasteiger partial charge is 0.244 e. The molecule has 0 saturated carbocycles. The summed E-state index contributed by atoms with van der Waals surface area (Å²) in [7, 11) is 0. The molecular formula is C20H24ClN7O. The average molecular weight is 414 g/mol. The topological polar surface area (TPSA) is 88.0 Å². The second-order valence-corrected chi connectivity index (χ2v) is 7.55. The molecule has 0 radical (unpaired) electrons. The maximum absolute atomic E-state index is 12.3. The maximum Gasteiger partial charge on any atom is 0.244 e. The Morgan fingerprint density at radius 2 is 2.07 bits per heavy atom. The molecule has 8 nitrogen and oxygen atoms in total. The molecule has 1 saturated heterocycles. The summed E-state index contributed by atoms with van der Waals surface area (Å²) in [5, 5.41) is 11.1. The largest absolute Gasteiger partial charge is 0.365 e. The Kier molecular flexibility index (Phi) is 6.09. The van der Waals surface area contributed by atoms with E-state index in [1.54, 1.807) is 23.3 Å². The van der Waals surface area contributed by atoms with Crippen LogP contribution in [0.4, 0.5) is 17.5 Å². The molecule has 1 amide bonds. The van der Waals surface area contributed by atoms with E-state index in [4.69, 9.17) is 11.6 Å². The lowest BCUT2D eigenvalue weighted by molar-refractivity contribution is -0.130. The van der Waals surface area contributed by atoms with Crippen LogP contribution in [0.25, 0.3) is 0 Å². The van der Waals surface area contributed by atoms with Crippen LogP contribution < -0.4 is 10.6 Å². The number of hydrogen-bond donors (Lipinski definition) is 2. The number of rotatable bonds is 7. The van der Waals surface area contributed by atoms with Gasteiger partial charge in [0, 0.05) is 25.8 Å². The number of nitrogens with one attached hydrogen (secondary N) is 2. The van der Waals surface area contributed by atoms with Crippen molar-refractivity contribution >= 4 is 35.0 Å². The number of carbonyl (C=O) groups excluding carboxylic acids is 1. The average Bonchev–Trinajstić information content (AvgIpc) is 3.42. The zero-order valence-electron chi connectivity index (χ0n) is 16.1. The van der Waals surface area contributed by atoms with Gasteiger partial charge in [-0.05, 0) is 31.3 Å². The van der Waals surface area contributed by atoms with Gasteiger partial charge in [-0.15, -0.1) is 0 Å². The van der Waals surface area contributed by atoms with E-state index in [1.807, 2.05) is 4.90 Å². The van der Waals surface area contributed by atoms with Gasteiger partial charge in [0.2, 0.25) is 11.9 Å². The standard InChI is InChI=1S/C20H24ClN7O/c21-17-12-23-20(26-19(17)22-10-15-6-2-1-3-7-15)25-16-11-24-28(13-16)14-18(29)27-8-4-5-9-27/h2,6-7,11-13H,1,3-5,8-10,14H2,(H2,22,23,25,26). The number of hydrogen-bond acceptors (Lipinski definition) is 6. The van der Waals surface area contributed by atoms with Gasteiger partial charge in [0.25, 0.3) is 0 Å². The monoisotopic (exact) mass is 413 g/mol. The first-order valence-corrected chi connectivity index (χ1v) is 10.2. The zero-order chi connectivity index (χ0) is 20.1. The summed E-state index contributed by atoms with van der Waals surface area (Å²) in [6, 6.07) is 0. The Balaban J connectivity index is 1.36. The highest BCUT2D eigenvalue weighted by Crippen LogP contribution is 2.22. The van der Waals surface area contributed by atoms with Crippen molar-refractivity contribution in [2.45, 2.75) is 32.2 Å². The first kappa shape index (κ1) is 19.4. The van der Waals surface area contributed by atoms with Crippen LogP contribution in [0, 0.1) is 0 Å². The van der Waals surface area contributed by atoms with Crippen molar-refractivity contribution in [3.05, 3.63) is 47.4 Å². The van der Waals surface area contributed by atoms with Gasteiger partial charge in [-0.3, -0.25) is 9.48 Å². The van der Waals surface area contributed by atoms with Crippen molar-refractivity contribution in [1.29, 1.82) is 0 Å². The van der Waals surface area contributed by atoms with Crippen LogP contribution in [0.5, 0.6) is 0 Å². The predicted octanol–water partition coefficient (Wildman–Crippen LogP) is 3.38. The van der Waals surface area contributed by atoms with Crippen LogP contribution in [0.3, 0.4) is 0 Å². The number of halogens is 1. The molecule has 3 heterocycles. The Labute approximate surface area is 174 Å². The van der Waals surface area contributed by atoms with E-state index in [9.17, 15) is 4.79 Å². The molecule has 1 fully saturated rings. The van der Waals surface area contributed by atoms with Crippen LogP contribution in [0.2, 0.25) is 5.02 Å². The van der Waals surface area contributed by atoms with Gasteiger partial charge in [0.1, 0.15) is 11.6 Å². The molecule has 2 aromatic heterocycles. The molecule has 0 aromatic carbocycles. The quantitative estimate of drug-likeness (QED) is 0.723. The van der Waals surface area contributed by atoms with Crippen LogP contribution in [0.15, 0.2) is 42.4 Å². The van der Waals surface area contributed by atoms with Crippen LogP contribution in [-0.2, 0) is 11.3 Å². The Morgan fingerprint density at radius 1 is 1.21 bits per heavy atom. The summed E-state index contributed by atoms with van der Waals surface area (Å²) in [6.07, 6.45) is 15.8. The van der Waals surface area contributed by atoms with E-state index >= 15 is 0 Å². The van der Waals surface area contributed by atoms with Crippen LogP contribution in [0.1, 0.15) is 25.7 Å². The highest BCUT2D eigenvalue weighted by molar-refractivity contribution is 6.32. The predicted molar refractivity (Wildman–Crippen MR) is 113 cm³/mol. The molecular weight excluding hydrogens is 390 g/mol. The van der Waals surface area contributed by atoms with Crippen molar-refractivity contribution in [3.63, 3.8) is 0 Å². The van der Waals surface area contributed by atoms with Crippen molar-refractivity contribution < 1.29 is 4.79 Å². The second kappa shape index (κ2) is 9.09. The summed E-state index contributed by atoms with van der Waals surface area (Å²) >= 11 is 6.23. The Bertz CT molecular complexity index is 931. The fourth-order valence-electron chi connectivity index (χ4n) is 3.38. The molecule has 0 spiro atoms. The lowest BCUT2D eigenvalue weighted by Crippen LogP contribution is -2.31. The van der Waals surface area contributed by atoms with E-state index in [0.717, 1.165) is 38.8 Å². The van der Waals surface area contributed by atoms with E-state index in [1.165, 1.54) is 5.57 Å². The number of aromatic nitrogens is 4. The van der Waals surface area contributed by atoms with E-state index in [2.05, 4.69) is 43.9 Å². The molecule has 9 heteroatoms. The van der Waals surface area contributed by atoms with Gasteiger partial charge in [0.05, 0.1) is 18.1 Å². The molecule has 29 heavy (non-hydrogen) atoms.